The number of likely N-dealkylation sites (tertiary alicyclic amines) is 1. The first kappa shape index (κ1) is 8.97. The Morgan fingerprint density at radius 2 is 2.54 bits per heavy atom. The number of hydrogen-bond acceptors (Lipinski definition) is 3. The van der Waals surface area contributed by atoms with E-state index >= 15 is 0 Å². The highest BCUT2D eigenvalue weighted by atomic mass is 16.5. The van der Waals surface area contributed by atoms with E-state index in [0.717, 1.165) is 19.4 Å². The fourth-order valence-electron chi connectivity index (χ4n) is 2.04. The van der Waals surface area contributed by atoms with Crippen molar-refractivity contribution in [3.63, 3.8) is 0 Å². The van der Waals surface area contributed by atoms with Gasteiger partial charge in [0, 0.05) is 19.7 Å². The minimum atomic E-state index is -0.259. The monoisotopic (exact) mass is 184 g/mol. The first-order chi connectivity index (χ1) is 6.11. The van der Waals surface area contributed by atoms with Crippen LogP contribution in [0, 0.1) is 0 Å². The Bertz CT molecular complexity index is 224. The SMILES string of the molecule is CC1(CN2CC(N)C2=O)CCCO1. The number of β-lactam (4-membered cyclic amide) rings is 1. The third-order valence-corrected chi connectivity index (χ3v) is 2.87. The summed E-state index contributed by atoms with van der Waals surface area (Å²) in [6.45, 7) is 4.29. The van der Waals surface area contributed by atoms with Gasteiger partial charge in [-0.15, -0.1) is 0 Å². The van der Waals surface area contributed by atoms with E-state index in [1.54, 1.807) is 4.90 Å². The predicted molar refractivity (Wildman–Crippen MR) is 48.1 cm³/mol. The van der Waals surface area contributed by atoms with Crippen molar-refractivity contribution in [1.82, 2.24) is 4.90 Å². The van der Waals surface area contributed by atoms with Gasteiger partial charge in [-0.1, -0.05) is 0 Å². The molecule has 2 N–H and O–H groups in total. The van der Waals surface area contributed by atoms with E-state index in [1.807, 2.05) is 0 Å². The zero-order chi connectivity index (χ0) is 9.47. The van der Waals surface area contributed by atoms with Gasteiger partial charge in [-0.2, -0.15) is 0 Å². The van der Waals surface area contributed by atoms with E-state index in [1.165, 1.54) is 0 Å². The van der Waals surface area contributed by atoms with Crippen molar-refractivity contribution in [3.05, 3.63) is 0 Å². The maximum Gasteiger partial charge on any atom is 0.241 e. The summed E-state index contributed by atoms with van der Waals surface area (Å²) in [6, 6.07) is -0.259. The molecule has 13 heavy (non-hydrogen) atoms. The van der Waals surface area contributed by atoms with E-state index < -0.39 is 0 Å². The van der Waals surface area contributed by atoms with Gasteiger partial charge < -0.3 is 15.4 Å². The lowest BCUT2D eigenvalue weighted by molar-refractivity contribution is -0.147. The zero-order valence-corrected chi connectivity index (χ0v) is 7.95. The lowest BCUT2D eigenvalue weighted by atomic mass is 9.99. The fraction of sp³-hybridized carbons (Fsp3) is 0.889. The van der Waals surface area contributed by atoms with Crippen molar-refractivity contribution < 1.29 is 9.53 Å². The molecule has 0 aromatic heterocycles. The topological polar surface area (TPSA) is 55.6 Å². The largest absolute Gasteiger partial charge is 0.373 e. The van der Waals surface area contributed by atoms with E-state index in [0.29, 0.717) is 13.1 Å². The maximum absolute atomic E-state index is 11.2. The molecule has 1 amide bonds. The second-order valence-corrected chi connectivity index (χ2v) is 4.23. The number of rotatable bonds is 2. The number of nitrogens with two attached hydrogens (primary N) is 1. The average molecular weight is 184 g/mol. The van der Waals surface area contributed by atoms with Gasteiger partial charge in [0.2, 0.25) is 5.91 Å². The Morgan fingerprint density at radius 3 is 3.00 bits per heavy atom. The molecule has 2 aliphatic heterocycles. The summed E-state index contributed by atoms with van der Waals surface area (Å²) in [5.74, 6) is 0.0664. The number of amides is 1. The number of hydrogen-bond donors (Lipinski definition) is 1. The van der Waals surface area contributed by atoms with Crippen LogP contribution in [0.5, 0.6) is 0 Å². The standard InChI is InChI=1S/C9H16N2O2/c1-9(3-2-4-13-9)6-11-5-7(10)8(11)12/h7H,2-6,10H2,1H3. The van der Waals surface area contributed by atoms with E-state index in [-0.39, 0.29) is 17.6 Å². The Labute approximate surface area is 78.0 Å². The summed E-state index contributed by atoms with van der Waals surface area (Å²) >= 11 is 0. The van der Waals surface area contributed by atoms with Gasteiger partial charge in [-0.05, 0) is 19.8 Å². The van der Waals surface area contributed by atoms with Gasteiger partial charge in [0.05, 0.1) is 5.60 Å². The molecule has 2 aliphatic rings. The second-order valence-electron chi connectivity index (χ2n) is 4.23. The van der Waals surface area contributed by atoms with Gasteiger partial charge in [0.25, 0.3) is 0 Å². The van der Waals surface area contributed by atoms with E-state index in [9.17, 15) is 4.79 Å². The minimum absolute atomic E-state index is 0.0664. The third kappa shape index (κ3) is 1.56. The number of carbonyl (C=O) groups is 1. The molecule has 0 aliphatic carbocycles. The van der Waals surface area contributed by atoms with Crippen LogP contribution >= 0.6 is 0 Å². The maximum atomic E-state index is 11.2. The third-order valence-electron chi connectivity index (χ3n) is 2.87. The summed E-state index contributed by atoms with van der Waals surface area (Å²) in [4.78, 5) is 13.0. The lowest BCUT2D eigenvalue weighted by Gasteiger charge is -2.40. The first-order valence-electron chi connectivity index (χ1n) is 4.79. The molecule has 0 spiro atoms. The molecule has 2 atom stereocenters. The minimum Gasteiger partial charge on any atom is -0.373 e. The fourth-order valence-corrected chi connectivity index (χ4v) is 2.04. The molecule has 0 radical (unpaired) electrons. The summed E-state index contributed by atoms with van der Waals surface area (Å²) in [5, 5.41) is 0. The molecule has 2 rings (SSSR count). The molecule has 0 saturated carbocycles. The van der Waals surface area contributed by atoms with Crippen molar-refractivity contribution in [3.8, 4) is 0 Å². The molecule has 2 heterocycles. The quantitative estimate of drug-likeness (QED) is 0.601. The van der Waals surface area contributed by atoms with E-state index in [4.69, 9.17) is 10.5 Å². The van der Waals surface area contributed by atoms with Crippen LogP contribution in [0.15, 0.2) is 0 Å². The lowest BCUT2D eigenvalue weighted by Crippen LogP contribution is -2.63. The van der Waals surface area contributed by atoms with Crippen LogP contribution in [-0.2, 0) is 9.53 Å². The summed E-state index contributed by atoms with van der Waals surface area (Å²) in [7, 11) is 0. The first-order valence-corrected chi connectivity index (χ1v) is 4.79. The van der Waals surface area contributed by atoms with Crippen molar-refractivity contribution in [1.29, 1.82) is 0 Å². The molecule has 0 bridgehead atoms. The molecule has 4 heteroatoms. The van der Waals surface area contributed by atoms with Crippen molar-refractivity contribution >= 4 is 5.91 Å². The summed E-state index contributed by atoms with van der Waals surface area (Å²) in [6.07, 6.45) is 2.15. The number of nitrogens with zero attached hydrogens (tertiary/aromatic N) is 1. The van der Waals surface area contributed by atoms with Crippen LogP contribution in [-0.4, -0.2) is 42.1 Å². The highest BCUT2D eigenvalue weighted by molar-refractivity contribution is 5.87. The van der Waals surface area contributed by atoms with Crippen LogP contribution in [0.3, 0.4) is 0 Å². The summed E-state index contributed by atoms with van der Waals surface area (Å²) < 4.78 is 5.60. The highest BCUT2D eigenvalue weighted by Gasteiger charge is 2.40. The van der Waals surface area contributed by atoms with E-state index in [2.05, 4.69) is 6.92 Å². The molecule has 0 aromatic carbocycles. The number of carbonyl (C=O) groups excluding carboxylic acids is 1. The van der Waals surface area contributed by atoms with Crippen LogP contribution in [0.2, 0.25) is 0 Å². The van der Waals surface area contributed by atoms with Crippen LogP contribution < -0.4 is 5.73 Å². The normalized spacial score (nSPS) is 39.4. The van der Waals surface area contributed by atoms with Gasteiger partial charge in [0.15, 0.2) is 0 Å². The van der Waals surface area contributed by atoms with Crippen molar-refractivity contribution in [2.24, 2.45) is 5.73 Å². The van der Waals surface area contributed by atoms with Crippen molar-refractivity contribution in [2.75, 3.05) is 19.7 Å². The Kier molecular flexibility index (Phi) is 2.04. The molecular weight excluding hydrogens is 168 g/mol. The highest BCUT2D eigenvalue weighted by Crippen LogP contribution is 2.27. The Hall–Kier alpha value is -0.610. The van der Waals surface area contributed by atoms with Crippen LogP contribution in [0.1, 0.15) is 19.8 Å². The summed E-state index contributed by atoms with van der Waals surface area (Å²) in [5.41, 5.74) is 5.38. The smallest absolute Gasteiger partial charge is 0.241 e. The molecular formula is C9H16N2O2. The van der Waals surface area contributed by atoms with Gasteiger partial charge in [-0.3, -0.25) is 4.79 Å². The van der Waals surface area contributed by atoms with Crippen LogP contribution in [0.25, 0.3) is 0 Å². The zero-order valence-electron chi connectivity index (χ0n) is 7.95. The average Bonchev–Trinajstić information content (AvgIpc) is 2.51. The molecule has 0 aromatic rings. The predicted octanol–water partition coefficient (Wildman–Crippen LogP) is -0.275. The van der Waals surface area contributed by atoms with Crippen molar-refractivity contribution in [2.45, 2.75) is 31.4 Å². The van der Waals surface area contributed by atoms with Gasteiger partial charge in [-0.25, -0.2) is 0 Å². The molecule has 2 unspecified atom stereocenters. The van der Waals surface area contributed by atoms with Gasteiger partial charge >= 0.3 is 0 Å². The van der Waals surface area contributed by atoms with Gasteiger partial charge in [0.1, 0.15) is 6.04 Å². The number of ether oxygens (including phenoxy) is 1. The Balaban J connectivity index is 1.88. The molecule has 2 saturated heterocycles. The molecule has 4 nitrogen and oxygen atoms in total. The second kappa shape index (κ2) is 2.96. The van der Waals surface area contributed by atoms with Crippen LogP contribution in [0.4, 0.5) is 0 Å². The Morgan fingerprint density at radius 1 is 1.77 bits per heavy atom. The molecule has 74 valence electrons. The molecule has 2 fully saturated rings.